The average molecular weight is 315 g/mol. The van der Waals surface area contributed by atoms with Gasteiger partial charge in [-0.2, -0.15) is 0 Å². The molecule has 3 aliphatic rings. The maximum Gasteiger partial charge on any atom is 0.237 e. The highest BCUT2D eigenvalue weighted by Gasteiger charge is 2.39. The van der Waals surface area contributed by atoms with Crippen LogP contribution in [0.2, 0.25) is 0 Å². The van der Waals surface area contributed by atoms with Gasteiger partial charge in [0.25, 0.3) is 0 Å². The Kier molecular flexibility index (Phi) is 5.96. The standard InChI is InChI=1S/C17H30N2O.ClH/c1-2-17(9-5-6-10-17)12-18-16(20)15-11-13-7-3-4-8-14(13)19-15;/h13-15,19H,2-12H2,1H3,(H,18,20);1H. The lowest BCUT2D eigenvalue weighted by atomic mass is 9.83. The van der Waals surface area contributed by atoms with Gasteiger partial charge in [-0.15, -0.1) is 12.4 Å². The fourth-order valence-electron chi connectivity index (χ4n) is 4.70. The summed E-state index contributed by atoms with van der Waals surface area (Å²) in [6.45, 7) is 3.18. The Balaban J connectivity index is 0.00000161. The van der Waals surface area contributed by atoms with Crippen molar-refractivity contribution < 1.29 is 4.79 Å². The molecule has 0 aromatic rings. The fourth-order valence-corrected chi connectivity index (χ4v) is 4.70. The van der Waals surface area contributed by atoms with Crippen molar-refractivity contribution in [3.63, 3.8) is 0 Å². The molecule has 4 heteroatoms. The molecule has 3 nitrogen and oxygen atoms in total. The lowest BCUT2D eigenvalue weighted by Crippen LogP contribution is -2.46. The van der Waals surface area contributed by atoms with E-state index in [-0.39, 0.29) is 24.4 Å². The van der Waals surface area contributed by atoms with Crippen molar-refractivity contribution in [3.05, 3.63) is 0 Å². The van der Waals surface area contributed by atoms with Gasteiger partial charge in [0.1, 0.15) is 0 Å². The first kappa shape index (κ1) is 17.1. The summed E-state index contributed by atoms with van der Waals surface area (Å²) in [6, 6.07) is 0.699. The molecular formula is C17H31ClN2O. The van der Waals surface area contributed by atoms with Crippen LogP contribution in [0, 0.1) is 11.3 Å². The molecule has 0 aromatic heterocycles. The van der Waals surface area contributed by atoms with E-state index in [2.05, 4.69) is 17.6 Å². The Hall–Kier alpha value is -0.280. The molecule has 2 aliphatic carbocycles. The topological polar surface area (TPSA) is 41.1 Å². The Bertz CT molecular complexity index is 341. The number of nitrogens with one attached hydrogen (secondary N) is 2. The molecule has 3 fully saturated rings. The van der Waals surface area contributed by atoms with Crippen LogP contribution in [0.25, 0.3) is 0 Å². The molecule has 0 bridgehead atoms. The summed E-state index contributed by atoms with van der Waals surface area (Å²) in [4.78, 5) is 12.4. The van der Waals surface area contributed by atoms with Gasteiger partial charge in [0, 0.05) is 12.6 Å². The van der Waals surface area contributed by atoms with Crippen LogP contribution in [0.1, 0.15) is 71.1 Å². The lowest BCUT2D eigenvalue weighted by Gasteiger charge is -2.28. The van der Waals surface area contributed by atoms with E-state index in [0.717, 1.165) is 18.9 Å². The van der Waals surface area contributed by atoms with Crippen LogP contribution in [-0.4, -0.2) is 24.5 Å². The maximum atomic E-state index is 12.4. The molecule has 2 N–H and O–H groups in total. The average Bonchev–Trinajstić information content (AvgIpc) is 3.12. The molecular weight excluding hydrogens is 284 g/mol. The highest BCUT2D eigenvalue weighted by atomic mass is 35.5. The molecule has 3 atom stereocenters. The van der Waals surface area contributed by atoms with Crippen molar-refractivity contribution in [2.75, 3.05) is 6.54 Å². The second-order valence-electron chi connectivity index (χ2n) is 7.38. The van der Waals surface area contributed by atoms with Gasteiger partial charge in [0.05, 0.1) is 6.04 Å². The molecule has 2 saturated carbocycles. The van der Waals surface area contributed by atoms with Crippen LogP contribution in [0.3, 0.4) is 0 Å². The second-order valence-corrected chi connectivity index (χ2v) is 7.38. The summed E-state index contributed by atoms with van der Waals surface area (Å²) < 4.78 is 0. The molecule has 0 radical (unpaired) electrons. The van der Waals surface area contributed by atoms with Gasteiger partial charge in [-0.1, -0.05) is 32.6 Å². The highest BCUT2D eigenvalue weighted by Crippen LogP contribution is 2.40. The molecule has 1 heterocycles. The smallest absolute Gasteiger partial charge is 0.237 e. The third kappa shape index (κ3) is 3.73. The van der Waals surface area contributed by atoms with Crippen molar-refractivity contribution >= 4 is 18.3 Å². The normalized spacial score (nSPS) is 34.0. The van der Waals surface area contributed by atoms with Crippen molar-refractivity contribution in [1.29, 1.82) is 0 Å². The molecule has 1 aliphatic heterocycles. The van der Waals surface area contributed by atoms with Gasteiger partial charge in [-0.25, -0.2) is 0 Å². The summed E-state index contributed by atoms with van der Waals surface area (Å²) in [6.07, 6.45) is 12.8. The number of carbonyl (C=O) groups is 1. The summed E-state index contributed by atoms with van der Waals surface area (Å²) >= 11 is 0. The quantitative estimate of drug-likeness (QED) is 0.835. The lowest BCUT2D eigenvalue weighted by molar-refractivity contribution is -0.123. The van der Waals surface area contributed by atoms with Crippen LogP contribution in [-0.2, 0) is 4.79 Å². The molecule has 21 heavy (non-hydrogen) atoms. The van der Waals surface area contributed by atoms with Gasteiger partial charge in [0.2, 0.25) is 5.91 Å². The van der Waals surface area contributed by atoms with Crippen LogP contribution < -0.4 is 10.6 Å². The van der Waals surface area contributed by atoms with Gasteiger partial charge >= 0.3 is 0 Å². The number of carbonyl (C=O) groups excluding carboxylic acids is 1. The molecule has 0 spiro atoms. The monoisotopic (exact) mass is 314 g/mol. The first-order chi connectivity index (χ1) is 9.72. The third-order valence-corrected chi connectivity index (χ3v) is 6.23. The predicted octanol–water partition coefficient (Wildman–Crippen LogP) is 3.42. The number of rotatable bonds is 4. The summed E-state index contributed by atoms with van der Waals surface area (Å²) in [5, 5.41) is 6.85. The Labute approximate surface area is 135 Å². The van der Waals surface area contributed by atoms with E-state index >= 15 is 0 Å². The summed E-state index contributed by atoms with van der Waals surface area (Å²) in [5.41, 5.74) is 0.404. The van der Waals surface area contributed by atoms with Crippen LogP contribution in [0.15, 0.2) is 0 Å². The van der Waals surface area contributed by atoms with Crippen LogP contribution >= 0.6 is 12.4 Å². The van der Waals surface area contributed by atoms with Crippen LogP contribution in [0.4, 0.5) is 0 Å². The minimum Gasteiger partial charge on any atom is -0.354 e. The molecule has 1 amide bonds. The molecule has 3 rings (SSSR count). The van der Waals surface area contributed by atoms with Crippen molar-refractivity contribution in [2.45, 2.75) is 83.2 Å². The van der Waals surface area contributed by atoms with Crippen LogP contribution in [0.5, 0.6) is 0 Å². The van der Waals surface area contributed by atoms with E-state index < -0.39 is 0 Å². The SMILES string of the molecule is CCC1(CNC(=O)C2CC3CCCCC3N2)CCCC1.Cl. The van der Waals surface area contributed by atoms with Crippen molar-refractivity contribution in [3.8, 4) is 0 Å². The van der Waals surface area contributed by atoms with E-state index in [4.69, 9.17) is 0 Å². The summed E-state index contributed by atoms with van der Waals surface area (Å²) in [7, 11) is 0. The Morgan fingerprint density at radius 2 is 1.90 bits per heavy atom. The van der Waals surface area contributed by atoms with Gasteiger partial charge < -0.3 is 10.6 Å². The zero-order valence-electron chi connectivity index (χ0n) is 13.3. The highest BCUT2D eigenvalue weighted by molar-refractivity contribution is 5.85. The zero-order chi connectivity index (χ0) is 14.0. The fraction of sp³-hybridized carbons (Fsp3) is 0.941. The van der Waals surface area contributed by atoms with Gasteiger partial charge in [0.15, 0.2) is 0 Å². The van der Waals surface area contributed by atoms with Gasteiger partial charge in [-0.05, 0) is 49.9 Å². The van der Waals surface area contributed by atoms with Crippen molar-refractivity contribution in [1.82, 2.24) is 10.6 Å². The zero-order valence-corrected chi connectivity index (χ0v) is 14.1. The molecule has 0 aromatic carbocycles. The number of fused-ring (bicyclic) bond motifs is 1. The first-order valence-electron chi connectivity index (χ1n) is 8.76. The minimum atomic E-state index is 0. The largest absolute Gasteiger partial charge is 0.354 e. The third-order valence-electron chi connectivity index (χ3n) is 6.23. The predicted molar refractivity (Wildman–Crippen MR) is 88.7 cm³/mol. The first-order valence-corrected chi connectivity index (χ1v) is 8.76. The molecule has 1 saturated heterocycles. The van der Waals surface area contributed by atoms with E-state index in [1.165, 1.54) is 57.8 Å². The van der Waals surface area contributed by atoms with E-state index in [1.54, 1.807) is 0 Å². The second kappa shape index (κ2) is 7.32. The maximum absolute atomic E-state index is 12.4. The molecule has 122 valence electrons. The van der Waals surface area contributed by atoms with E-state index in [1.807, 2.05) is 0 Å². The number of amides is 1. The number of halogens is 1. The minimum absolute atomic E-state index is 0. The summed E-state index contributed by atoms with van der Waals surface area (Å²) in [5.74, 6) is 1.02. The van der Waals surface area contributed by atoms with Crippen molar-refractivity contribution in [2.24, 2.45) is 11.3 Å². The van der Waals surface area contributed by atoms with E-state index in [9.17, 15) is 4.79 Å². The number of hydrogen-bond donors (Lipinski definition) is 2. The van der Waals surface area contributed by atoms with Gasteiger partial charge in [-0.3, -0.25) is 4.79 Å². The number of hydrogen-bond acceptors (Lipinski definition) is 2. The molecule has 3 unspecified atom stereocenters. The Morgan fingerprint density at radius 1 is 1.19 bits per heavy atom. The Morgan fingerprint density at radius 3 is 2.57 bits per heavy atom. The van der Waals surface area contributed by atoms with E-state index in [0.29, 0.717) is 11.5 Å².